The molecule has 110 valence electrons. The summed E-state index contributed by atoms with van der Waals surface area (Å²) in [6, 6.07) is 1.79. The van der Waals surface area contributed by atoms with E-state index in [-0.39, 0.29) is 12.3 Å². The fraction of sp³-hybridized carbons (Fsp3) is 0.600. The van der Waals surface area contributed by atoms with Gasteiger partial charge in [-0.3, -0.25) is 9.59 Å². The number of aliphatic carboxylic acids is 1. The number of carbonyl (C=O) groups is 2. The van der Waals surface area contributed by atoms with Crippen LogP contribution in [-0.4, -0.2) is 35.0 Å². The molecule has 0 aromatic carbocycles. The van der Waals surface area contributed by atoms with Crippen LogP contribution in [0.5, 0.6) is 0 Å². The lowest BCUT2D eigenvalue weighted by molar-refractivity contribution is -0.137. The predicted octanol–water partition coefficient (Wildman–Crippen LogP) is 2.61. The minimum atomic E-state index is -0.743. The van der Waals surface area contributed by atoms with Crippen molar-refractivity contribution in [2.24, 2.45) is 5.92 Å². The number of carbonyl (C=O) groups excluding carboxylic acids is 1. The summed E-state index contributed by atoms with van der Waals surface area (Å²) in [7, 11) is 0. The summed E-state index contributed by atoms with van der Waals surface area (Å²) in [5.74, 6) is 1.12. The molecule has 1 amide bonds. The number of hydrogen-bond acceptors (Lipinski definition) is 3. The second-order valence-corrected chi connectivity index (χ2v) is 5.49. The van der Waals surface area contributed by atoms with E-state index in [0.717, 1.165) is 18.6 Å². The van der Waals surface area contributed by atoms with E-state index in [2.05, 4.69) is 0 Å². The molecule has 0 atom stereocenters. The standard InChI is InChI=1S/C15H21NO4/c1-10-9-13(11(2)20-10)15(19)16-7-5-12(6-8-16)3-4-14(17)18/h9,12H,3-8H2,1-2H3,(H,17,18). The van der Waals surface area contributed by atoms with Gasteiger partial charge in [0.2, 0.25) is 0 Å². The molecule has 1 N–H and O–H groups in total. The van der Waals surface area contributed by atoms with E-state index >= 15 is 0 Å². The molecular formula is C15H21NO4. The van der Waals surface area contributed by atoms with Gasteiger partial charge in [0, 0.05) is 19.5 Å². The molecule has 1 aliphatic rings. The van der Waals surface area contributed by atoms with Gasteiger partial charge in [0.25, 0.3) is 5.91 Å². The molecule has 0 spiro atoms. The van der Waals surface area contributed by atoms with Crippen molar-refractivity contribution in [1.82, 2.24) is 4.90 Å². The van der Waals surface area contributed by atoms with Crippen LogP contribution in [-0.2, 0) is 4.79 Å². The van der Waals surface area contributed by atoms with Crippen LogP contribution in [0.4, 0.5) is 0 Å². The van der Waals surface area contributed by atoms with Gasteiger partial charge in [-0.1, -0.05) is 0 Å². The molecule has 2 heterocycles. The van der Waals surface area contributed by atoms with Crippen molar-refractivity contribution in [3.63, 3.8) is 0 Å². The topological polar surface area (TPSA) is 70.8 Å². The molecule has 0 radical (unpaired) electrons. The second-order valence-electron chi connectivity index (χ2n) is 5.49. The highest BCUT2D eigenvalue weighted by Gasteiger charge is 2.25. The maximum Gasteiger partial charge on any atom is 0.303 e. The Balaban J connectivity index is 1.89. The molecule has 1 aromatic heterocycles. The van der Waals surface area contributed by atoms with E-state index in [1.165, 1.54) is 0 Å². The third-order valence-electron chi connectivity index (χ3n) is 3.94. The van der Waals surface area contributed by atoms with Gasteiger partial charge < -0.3 is 14.4 Å². The minimum Gasteiger partial charge on any atom is -0.481 e. The number of likely N-dealkylation sites (tertiary alicyclic amines) is 1. The highest BCUT2D eigenvalue weighted by atomic mass is 16.4. The number of carboxylic acids is 1. The predicted molar refractivity (Wildman–Crippen MR) is 73.7 cm³/mol. The molecular weight excluding hydrogens is 258 g/mol. The number of amides is 1. The quantitative estimate of drug-likeness (QED) is 0.919. The Labute approximate surface area is 118 Å². The molecule has 0 saturated carbocycles. The summed E-state index contributed by atoms with van der Waals surface area (Å²) in [6.07, 6.45) is 2.70. The van der Waals surface area contributed by atoms with Gasteiger partial charge in [0.05, 0.1) is 5.56 Å². The van der Waals surface area contributed by atoms with Gasteiger partial charge in [-0.05, 0) is 45.1 Å². The summed E-state index contributed by atoms with van der Waals surface area (Å²) in [5.41, 5.74) is 0.645. The molecule has 1 saturated heterocycles. The first-order valence-corrected chi connectivity index (χ1v) is 7.05. The fourth-order valence-electron chi connectivity index (χ4n) is 2.77. The summed E-state index contributed by atoms with van der Waals surface area (Å²) < 4.78 is 5.40. The molecule has 5 nitrogen and oxygen atoms in total. The van der Waals surface area contributed by atoms with Crippen molar-refractivity contribution in [2.45, 2.75) is 39.5 Å². The van der Waals surface area contributed by atoms with Crippen LogP contribution in [0.3, 0.4) is 0 Å². The molecule has 1 fully saturated rings. The number of hydrogen-bond donors (Lipinski definition) is 1. The molecule has 5 heteroatoms. The average Bonchev–Trinajstić information content (AvgIpc) is 2.75. The first-order chi connectivity index (χ1) is 9.47. The highest BCUT2D eigenvalue weighted by molar-refractivity contribution is 5.95. The molecule has 0 unspecified atom stereocenters. The number of furan rings is 1. The van der Waals surface area contributed by atoms with Gasteiger partial charge in [-0.15, -0.1) is 0 Å². The summed E-state index contributed by atoms with van der Waals surface area (Å²) in [5, 5.41) is 8.69. The molecule has 0 bridgehead atoms. The van der Waals surface area contributed by atoms with Gasteiger partial charge in [0.15, 0.2) is 0 Å². The van der Waals surface area contributed by atoms with Gasteiger partial charge in [-0.2, -0.15) is 0 Å². The smallest absolute Gasteiger partial charge is 0.303 e. The normalized spacial score (nSPS) is 16.4. The SMILES string of the molecule is Cc1cc(C(=O)N2CCC(CCC(=O)O)CC2)c(C)o1. The van der Waals surface area contributed by atoms with Gasteiger partial charge in [-0.25, -0.2) is 0 Å². The maximum atomic E-state index is 12.4. The number of carboxylic acid groups (broad SMARTS) is 1. The summed E-state index contributed by atoms with van der Waals surface area (Å²) >= 11 is 0. The van der Waals surface area contributed by atoms with Crippen molar-refractivity contribution in [1.29, 1.82) is 0 Å². The zero-order valence-electron chi connectivity index (χ0n) is 12.0. The first-order valence-electron chi connectivity index (χ1n) is 7.05. The third-order valence-corrected chi connectivity index (χ3v) is 3.94. The number of aryl methyl sites for hydroxylation is 2. The highest BCUT2D eigenvalue weighted by Crippen LogP contribution is 2.24. The fourth-order valence-corrected chi connectivity index (χ4v) is 2.77. The lowest BCUT2D eigenvalue weighted by Crippen LogP contribution is -2.38. The van der Waals surface area contributed by atoms with Crippen LogP contribution in [0, 0.1) is 19.8 Å². The first kappa shape index (κ1) is 14.6. The van der Waals surface area contributed by atoms with Crippen LogP contribution >= 0.6 is 0 Å². The molecule has 20 heavy (non-hydrogen) atoms. The van der Waals surface area contributed by atoms with Gasteiger partial charge in [0.1, 0.15) is 11.5 Å². The Bertz CT molecular complexity index is 498. The van der Waals surface area contributed by atoms with Crippen molar-refractivity contribution in [2.75, 3.05) is 13.1 Å². The maximum absolute atomic E-state index is 12.4. The molecule has 1 aliphatic heterocycles. The Morgan fingerprint density at radius 1 is 1.35 bits per heavy atom. The van der Waals surface area contributed by atoms with E-state index in [9.17, 15) is 9.59 Å². The molecule has 1 aromatic rings. The van der Waals surface area contributed by atoms with E-state index in [1.807, 2.05) is 11.8 Å². The number of piperidine rings is 1. The third kappa shape index (κ3) is 3.40. The lowest BCUT2D eigenvalue weighted by atomic mass is 9.92. The minimum absolute atomic E-state index is 0.0241. The average molecular weight is 279 g/mol. The zero-order chi connectivity index (χ0) is 14.7. The Morgan fingerprint density at radius 3 is 2.50 bits per heavy atom. The monoisotopic (exact) mass is 279 g/mol. The van der Waals surface area contributed by atoms with Crippen LogP contribution in [0.25, 0.3) is 0 Å². The van der Waals surface area contributed by atoms with Crippen LogP contribution in [0.2, 0.25) is 0 Å². The summed E-state index contributed by atoms with van der Waals surface area (Å²) in [4.78, 5) is 24.8. The van der Waals surface area contributed by atoms with E-state index in [0.29, 0.717) is 36.8 Å². The van der Waals surface area contributed by atoms with Crippen molar-refractivity contribution in [3.05, 3.63) is 23.2 Å². The van der Waals surface area contributed by atoms with E-state index in [4.69, 9.17) is 9.52 Å². The van der Waals surface area contributed by atoms with Crippen molar-refractivity contribution in [3.8, 4) is 0 Å². The summed E-state index contributed by atoms with van der Waals surface area (Å²) in [6.45, 7) is 5.04. The second kappa shape index (κ2) is 6.11. The van der Waals surface area contributed by atoms with E-state index in [1.54, 1.807) is 13.0 Å². The Kier molecular flexibility index (Phi) is 4.47. The molecule has 0 aliphatic carbocycles. The van der Waals surface area contributed by atoms with E-state index < -0.39 is 5.97 Å². The number of nitrogens with zero attached hydrogens (tertiary/aromatic N) is 1. The lowest BCUT2D eigenvalue weighted by Gasteiger charge is -2.31. The molecule has 2 rings (SSSR count). The van der Waals surface area contributed by atoms with Crippen molar-refractivity contribution >= 4 is 11.9 Å². The van der Waals surface area contributed by atoms with Crippen LogP contribution in [0.1, 0.15) is 47.6 Å². The van der Waals surface area contributed by atoms with Crippen LogP contribution < -0.4 is 0 Å². The number of rotatable bonds is 4. The van der Waals surface area contributed by atoms with Crippen molar-refractivity contribution < 1.29 is 19.1 Å². The van der Waals surface area contributed by atoms with Crippen LogP contribution in [0.15, 0.2) is 10.5 Å². The Hall–Kier alpha value is -1.78. The zero-order valence-corrected chi connectivity index (χ0v) is 12.0. The van der Waals surface area contributed by atoms with Gasteiger partial charge >= 0.3 is 5.97 Å². The Morgan fingerprint density at radius 2 is 2.00 bits per heavy atom. The largest absolute Gasteiger partial charge is 0.481 e.